The topological polar surface area (TPSA) is 141 Å². The molecule has 5 rings (SSSR count). The van der Waals surface area contributed by atoms with Gasteiger partial charge in [-0.1, -0.05) is 47.7 Å². The second kappa shape index (κ2) is 13.1. The lowest BCUT2D eigenvalue weighted by Gasteiger charge is -2.26. The molecule has 0 unspecified atom stereocenters. The van der Waals surface area contributed by atoms with Crippen molar-refractivity contribution in [1.82, 2.24) is 4.57 Å². The van der Waals surface area contributed by atoms with Crippen LogP contribution >= 0.6 is 11.3 Å². The SMILES string of the molecule is CCOC(=O)C1=C(c2ccccc2)N=c2s/c(=C\c3cc(OC)c(OC)cc3[N+](=O)[O-])c(=O)n2[C@H]1c1ccc(OC)c(OC)c1. The highest BCUT2D eigenvalue weighted by atomic mass is 32.1. The lowest BCUT2D eigenvalue weighted by Crippen LogP contribution is -2.40. The standard InChI is InChI=1S/C32H29N3O9S/c1-6-44-31(37)27-28(18-10-8-7-9-11-18)33-32-34(29(27)19-12-13-22(40-2)23(14-19)41-3)30(36)26(45-32)16-20-15-24(42-4)25(43-5)17-21(20)35(38)39/h7-17,29H,6H2,1-5H3/b26-16-/t29-/m0/s1. The second-order valence-electron chi connectivity index (χ2n) is 9.57. The van der Waals surface area contributed by atoms with Gasteiger partial charge in [0.05, 0.1) is 73.4 Å². The minimum absolute atomic E-state index is 0.0937. The normalized spacial score (nSPS) is 14.3. The summed E-state index contributed by atoms with van der Waals surface area (Å²) in [4.78, 5) is 44.4. The van der Waals surface area contributed by atoms with Crippen LogP contribution in [0.5, 0.6) is 23.0 Å². The number of ether oxygens (including phenoxy) is 5. The Balaban J connectivity index is 1.86. The van der Waals surface area contributed by atoms with E-state index in [1.54, 1.807) is 25.1 Å². The van der Waals surface area contributed by atoms with Crippen molar-refractivity contribution in [3.8, 4) is 23.0 Å². The molecule has 3 aromatic carbocycles. The number of benzene rings is 3. The third-order valence-corrected chi connectivity index (χ3v) is 8.10. The number of nitro groups is 1. The van der Waals surface area contributed by atoms with Gasteiger partial charge in [-0.25, -0.2) is 9.79 Å². The first-order valence-electron chi connectivity index (χ1n) is 13.7. The van der Waals surface area contributed by atoms with Crippen LogP contribution in [0.15, 0.2) is 76.0 Å². The maximum Gasteiger partial charge on any atom is 0.338 e. The van der Waals surface area contributed by atoms with E-state index in [1.807, 2.05) is 30.3 Å². The minimum atomic E-state index is -0.988. The Labute approximate surface area is 261 Å². The lowest BCUT2D eigenvalue weighted by atomic mass is 9.93. The fraction of sp³-hybridized carbons (Fsp3) is 0.219. The molecule has 45 heavy (non-hydrogen) atoms. The van der Waals surface area contributed by atoms with Gasteiger partial charge in [-0.2, -0.15) is 0 Å². The van der Waals surface area contributed by atoms with E-state index >= 15 is 0 Å². The third-order valence-electron chi connectivity index (χ3n) is 7.11. The second-order valence-corrected chi connectivity index (χ2v) is 10.6. The van der Waals surface area contributed by atoms with Crippen molar-refractivity contribution in [2.45, 2.75) is 13.0 Å². The van der Waals surface area contributed by atoms with Crippen molar-refractivity contribution in [2.75, 3.05) is 35.0 Å². The fourth-order valence-corrected chi connectivity index (χ4v) is 6.07. The summed E-state index contributed by atoms with van der Waals surface area (Å²) in [5.41, 5.74) is 0.968. The van der Waals surface area contributed by atoms with Gasteiger partial charge in [-0.15, -0.1) is 0 Å². The summed E-state index contributed by atoms with van der Waals surface area (Å²) in [6.07, 6.45) is 1.41. The van der Waals surface area contributed by atoms with E-state index in [-0.39, 0.29) is 44.3 Å². The zero-order valence-corrected chi connectivity index (χ0v) is 25.9. The van der Waals surface area contributed by atoms with Gasteiger partial charge in [0.15, 0.2) is 27.8 Å². The molecule has 0 aliphatic carbocycles. The smallest absolute Gasteiger partial charge is 0.338 e. The molecule has 0 amide bonds. The van der Waals surface area contributed by atoms with E-state index in [4.69, 9.17) is 28.7 Å². The summed E-state index contributed by atoms with van der Waals surface area (Å²) in [6, 6.07) is 15.9. The van der Waals surface area contributed by atoms with Crippen molar-refractivity contribution >= 4 is 34.8 Å². The minimum Gasteiger partial charge on any atom is -0.493 e. The molecule has 0 saturated heterocycles. The fourth-order valence-electron chi connectivity index (χ4n) is 5.08. The molecule has 1 aromatic heterocycles. The van der Waals surface area contributed by atoms with Crippen molar-refractivity contribution in [3.63, 3.8) is 0 Å². The van der Waals surface area contributed by atoms with Crippen molar-refractivity contribution in [2.24, 2.45) is 4.99 Å². The number of thiazole rings is 1. The maximum absolute atomic E-state index is 14.2. The molecule has 0 bridgehead atoms. The summed E-state index contributed by atoms with van der Waals surface area (Å²) in [5.74, 6) is 0.618. The number of hydrogen-bond donors (Lipinski definition) is 0. The molecule has 0 N–H and O–H groups in total. The van der Waals surface area contributed by atoms with Crippen LogP contribution < -0.4 is 33.8 Å². The molecule has 2 heterocycles. The molecular formula is C32H29N3O9S. The summed E-state index contributed by atoms with van der Waals surface area (Å²) in [7, 11) is 5.78. The molecule has 0 fully saturated rings. The third kappa shape index (κ3) is 5.77. The largest absolute Gasteiger partial charge is 0.493 e. The summed E-state index contributed by atoms with van der Waals surface area (Å²) < 4.78 is 28.6. The van der Waals surface area contributed by atoms with E-state index in [0.29, 0.717) is 28.3 Å². The number of fused-ring (bicyclic) bond motifs is 1. The van der Waals surface area contributed by atoms with Crippen molar-refractivity contribution < 1.29 is 33.4 Å². The molecule has 12 nitrogen and oxygen atoms in total. The summed E-state index contributed by atoms with van der Waals surface area (Å²) in [6.45, 7) is 1.79. The number of rotatable bonds is 10. The highest BCUT2D eigenvalue weighted by molar-refractivity contribution is 7.07. The molecule has 0 saturated carbocycles. The van der Waals surface area contributed by atoms with Gasteiger partial charge in [0.2, 0.25) is 0 Å². The first-order chi connectivity index (χ1) is 21.8. The lowest BCUT2D eigenvalue weighted by molar-refractivity contribution is -0.385. The number of nitrogens with zero attached hydrogens (tertiary/aromatic N) is 3. The zero-order valence-electron chi connectivity index (χ0n) is 25.1. The number of methoxy groups -OCH3 is 4. The molecule has 1 aliphatic heterocycles. The summed E-state index contributed by atoms with van der Waals surface area (Å²) >= 11 is 1.03. The van der Waals surface area contributed by atoms with Gasteiger partial charge in [-0.3, -0.25) is 19.5 Å². The Bertz CT molecular complexity index is 2000. The van der Waals surface area contributed by atoms with Crippen molar-refractivity contribution in [1.29, 1.82) is 0 Å². The van der Waals surface area contributed by atoms with Crippen LogP contribution in [-0.2, 0) is 9.53 Å². The van der Waals surface area contributed by atoms with Crippen LogP contribution in [0, 0.1) is 10.1 Å². The highest BCUT2D eigenvalue weighted by Crippen LogP contribution is 2.39. The molecular weight excluding hydrogens is 602 g/mol. The molecule has 0 radical (unpaired) electrons. The average molecular weight is 632 g/mol. The predicted molar refractivity (Wildman–Crippen MR) is 167 cm³/mol. The molecule has 232 valence electrons. The molecule has 1 atom stereocenters. The Kier molecular flexibility index (Phi) is 9.00. The van der Waals surface area contributed by atoms with Gasteiger partial charge < -0.3 is 23.7 Å². The van der Waals surface area contributed by atoms with Gasteiger partial charge in [-0.05, 0) is 36.8 Å². The monoisotopic (exact) mass is 631 g/mol. The number of hydrogen-bond acceptors (Lipinski definition) is 11. The van der Waals surface area contributed by atoms with Crippen LogP contribution in [0.4, 0.5) is 5.69 Å². The zero-order chi connectivity index (χ0) is 32.2. The Morgan fingerprint density at radius 3 is 2.22 bits per heavy atom. The number of carbonyl (C=O) groups excluding carboxylic acids is 1. The van der Waals surface area contributed by atoms with Crippen LogP contribution in [0.2, 0.25) is 0 Å². The predicted octanol–water partition coefficient (Wildman–Crippen LogP) is 3.88. The van der Waals surface area contributed by atoms with Crippen LogP contribution in [0.1, 0.15) is 29.7 Å². The van der Waals surface area contributed by atoms with Crippen LogP contribution in [-0.4, -0.2) is 50.5 Å². The molecule has 0 spiro atoms. The summed E-state index contributed by atoms with van der Waals surface area (Å²) in [5, 5.41) is 12.0. The Morgan fingerprint density at radius 2 is 1.60 bits per heavy atom. The van der Waals surface area contributed by atoms with Crippen LogP contribution in [0.3, 0.4) is 0 Å². The van der Waals surface area contributed by atoms with Gasteiger partial charge in [0.25, 0.3) is 11.2 Å². The van der Waals surface area contributed by atoms with E-state index in [0.717, 1.165) is 11.3 Å². The number of nitro benzene ring substituents is 1. The number of carbonyl (C=O) groups is 1. The van der Waals surface area contributed by atoms with Gasteiger partial charge in [0.1, 0.15) is 0 Å². The van der Waals surface area contributed by atoms with E-state index in [2.05, 4.69) is 0 Å². The first-order valence-corrected chi connectivity index (χ1v) is 14.5. The number of esters is 1. The highest BCUT2D eigenvalue weighted by Gasteiger charge is 2.36. The maximum atomic E-state index is 14.2. The average Bonchev–Trinajstić information content (AvgIpc) is 3.37. The Morgan fingerprint density at radius 1 is 0.956 bits per heavy atom. The molecule has 1 aliphatic rings. The van der Waals surface area contributed by atoms with E-state index in [9.17, 15) is 19.7 Å². The van der Waals surface area contributed by atoms with E-state index in [1.165, 1.54) is 51.2 Å². The van der Waals surface area contributed by atoms with E-state index < -0.39 is 22.5 Å². The number of aromatic nitrogens is 1. The van der Waals surface area contributed by atoms with Crippen molar-refractivity contribution in [3.05, 3.63) is 113 Å². The van der Waals surface area contributed by atoms with Crippen LogP contribution in [0.25, 0.3) is 11.8 Å². The molecule has 4 aromatic rings. The van der Waals surface area contributed by atoms with Gasteiger partial charge in [0, 0.05) is 5.56 Å². The van der Waals surface area contributed by atoms with Gasteiger partial charge >= 0.3 is 5.97 Å². The first kappa shape index (κ1) is 31.0. The Hall–Kier alpha value is -5.43. The molecule has 13 heteroatoms. The quantitative estimate of drug-likeness (QED) is 0.145.